The topological polar surface area (TPSA) is 29.3 Å². The van der Waals surface area contributed by atoms with Gasteiger partial charge in [-0.2, -0.15) is 0 Å². The fourth-order valence-corrected chi connectivity index (χ4v) is 4.09. The summed E-state index contributed by atoms with van der Waals surface area (Å²) in [5.41, 5.74) is 9.91. The van der Waals surface area contributed by atoms with E-state index in [1.54, 1.807) is 0 Å². The lowest BCUT2D eigenvalue weighted by Gasteiger charge is -2.33. The van der Waals surface area contributed by atoms with Crippen molar-refractivity contribution in [2.24, 2.45) is 0 Å². The number of hydrogen-bond donors (Lipinski definition) is 1. The number of fused-ring (bicyclic) bond motifs is 1. The molecule has 1 aliphatic carbocycles. The second kappa shape index (κ2) is 6.63. The monoisotopic (exact) mass is 300 g/mol. The number of thiophene rings is 1. The van der Waals surface area contributed by atoms with Crippen LogP contribution in [0.25, 0.3) is 0 Å². The van der Waals surface area contributed by atoms with Crippen molar-refractivity contribution in [2.45, 2.75) is 38.1 Å². The molecule has 21 heavy (non-hydrogen) atoms. The van der Waals surface area contributed by atoms with Gasteiger partial charge >= 0.3 is 0 Å². The minimum Gasteiger partial charge on any atom is -0.398 e. The third-order valence-corrected chi connectivity index (χ3v) is 5.57. The van der Waals surface area contributed by atoms with Gasteiger partial charge in [-0.15, -0.1) is 11.3 Å². The van der Waals surface area contributed by atoms with E-state index >= 15 is 0 Å². The average Bonchev–Trinajstić information content (AvgIpc) is 3.00. The van der Waals surface area contributed by atoms with Crippen LogP contribution in [0.4, 0.5) is 5.69 Å². The Bertz CT molecular complexity index is 577. The number of nitrogens with zero attached hydrogens (tertiary/aromatic N) is 1. The molecule has 0 bridgehead atoms. The summed E-state index contributed by atoms with van der Waals surface area (Å²) in [6, 6.07) is 11.4. The predicted octanol–water partition coefficient (Wildman–Crippen LogP) is 3.75. The Morgan fingerprint density at radius 3 is 3.00 bits per heavy atom. The molecule has 2 N–H and O–H groups in total. The molecule has 1 atom stereocenters. The number of aryl methyl sites for hydroxylation is 1. The van der Waals surface area contributed by atoms with Crippen LogP contribution in [0.5, 0.6) is 0 Å². The molecule has 1 aliphatic rings. The van der Waals surface area contributed by atoms with E-state index in [0.717, 1.165) is 18.5 Å². The van der Waals surface area contributed by atoms with Crippen molar-refractivity contribution in [1.82, 2.24) is 4.90 Å². The SMILES string of the molecule is CN(CCCc1cccs1)C1CCc2c(N)cccc2C1. The van der Waals surface area contributed by atoms with E-state index in [1.807, 2.05) is 17.4 Å². The van der Waals surface area contributed by atoms with Gasteiger partial charge in [-0.1, -0.05) is 18.2 Å². The van der Waals surface area contributed by atoms with Gasteiger partial charge in [0.2, 0.25) is 0 Å². The standard InChI is InChI=1S/C18H24N2S/c1-20(11-3-6-16-7-4-12-21-16)15-9-10-17-14(13-15)5-2-8-18(17)19/h2,4-5,7-8,12,15H,3,6,9-11,13,19H2,1H3. The molecule has 1 unspecified atom stereocenters. The molecule has 0 amide bonds. The fraction of sp³-hybridized carbons (Fsp3) is 0.444. The number of nitrogens with two attached hydrogens (primary N) is 1. The Morgan fingerprint density at radius 1 is 1.29 bits per heavy atom. The molecule has 3 rings (SSSR count). The second-order valence-electron chi connectivity index (χ2n) is 6.05. The molecule has 0 saturated carbocycles. The minimum absolute atomic E-state index is 0.669. The molecule has 112 valence electrons. The first kappa shape index (κ1) is 14.6. The lowest BCUT2D eigenvalue weighted by atomic mass is 9.86. The predicted molar refractivity (Wildman–Crippen MR) is 91.9 cm³/mol. The van der Waals surface area contributed by atoms with Crippen LogP contribution in [0.15, 0.2) is 35.7 Å². The van der Waals surface area contributed by atoms with E-state index in [9.17, 15) is 0 Å². The van der Waals surface area contributed by atoms with E-state index in [0.29, 0.717) is 6.04 Å². The van der Waals surface area contributed by atoms with Gasteiger partial charge in [0.1, 0.15) is 0 Å². The molecule has 0 radical (unpaired) electrons. The third kappa shape index (κ3) is 3.47. The zero-order chi connectivity index (χ0) is 14.7. The molecule has 2 aromatic rings. The van der Waals surface area contributed by atoms with E-state index in [1.165, 1.54) is 41.8 Å². The summed E-state index contributed by atoms with van der Waals surface area (Å²) >= 11 is 1.87. The number of hydrogen-bond acceptors (Lipinski definition) is 3. The molecule has 3 heteroatoms. The Morgan fingerprint density at radius 2 is 2.19 bits per heavy atom. The maximum atomic E-state index is 6.08. The van der Waals surface area contributed by atoms with Crippen LogP contribution in [0.3, 0.4) is 0 Å². The molecule has 0 saturated heterocycles. The number of benzene rings is 1. The Labute approximate surface area is 131 Å². The molecular formula is C18H24N2S. The van der Waals surface area contributed by atoms with E-state index in [4.69, 9.17) is 5.73 Å². The summed E-state index contributed by atoms with van der Waals surface area (Å²) in [4.78, 5) is 4.05. The normalized spacial score (nSPS) is 17.9. The highest BCUT2D eigenvalue weighted by atomic mass is 32.1. The Balaban J connectivity index is 1.53. The second-order valence-corrected chi connectivity index (χ2v) is 7.08. The van der Waals surface area contributed by atoms with Gasteiger partial charge in [0.15, 0.2) is 0 Å². The molecular weight excluding hydrogens is 276 g/mol. The van der Waals surface area contributed by atoms with Crippen molar-refractivity contribution in [2.75, 3.05) is 19.3 Å². The molecule has 0 spiro atoms. The first-order chi connectivity index (χ1) is 10.2. The molecule has 1 aromatic carbocycles. The summed E-state index contributed by atoms with van der Waals surface area (Å²) in [7, 11) is 2.27. The van der Waals surface area contributed by atoms with Crippen molar-refractivity contribution in [3.63, 3.8) is 0 Å². The van der Waals surface area contributed by atoms with Crippen LogP contribution in [0, 0.1) is 0 Å². The van der Waals surface area contributed by atoms with Gasteiger partial charge in [0, 0.05) is 16.6 Å². The molecule has 0 aliphatic heterocycles. The van der Waals surface area contributed by atoms with Gasteiger partial charge in [0.05, 0.1) is 0 Å². The maximum Gasteiger partial charge on any atom is 0.0349 e. The third-order valence-electron chi connectivity index (χ3n) is 4.63. The zero-order valence-electron chi connectivity index (χ0n) is 12.7. The Hall–Kier alpha value is -1.32. The van der Waals surface area contributed by atoms with Gasteiger partial charge in [0.25, 0.3) is 0 Å². The molecule has 2 nitrogen and oxygen atoms in total. The first-order valence-corrected chi connectivity index (χ1v) is 8.71. The van der Waals surface area contributed by atoms with E-state index in [2.05, 4.69) is 41.6 Å². The largest absolute Gasteiger partial charge is 0.398 e. The van der Waals surface area contributed by atoms with Crippen LogP contribution in [-0.2, 0) is 19.3 Å². The van der Waals surface area contributed by atoms with Crippen LogP contribution in [-0.4, -0.2) is 24.5 Å². The highest BCUT2D eigenvalue weighted by Crippen LogP contribution is 2.28. The fourth-order valence-electron chi connectivity index (χ4n) is 3.33. The van der Waals surface area contributed by atoms with Crippen molar-refractivity contribution in [3.8, 4) is 0 Å². The van der Waals surface area contributed by atoms with Crippen LogP contribution < -0.4 is 5.73 Å². The van der Waals surface area contributed by atoms with Crippen molar-refractivity contribution >= 4 is 17.0 Å². The van der Waals surface area contributed by atoms with Crippen molar-refractivity contribution < 1.29 is 0 Å². The molecule has 1 heterocycles. The number of likely N-dealkylation sites (N-methyl/N-ethyl adjacent to an activating group) is 1. The van der Waals surface area contributed by atoms with Gasteiger partial charge in [-0.25, -0.2) is 0 Å². The van der Waals surface area contributed by atoms with Gasteiger partial charge in [-0.05, 0) is 74.3 Å². The van der Waals surface area contributed by atoms with Crippen LogP contribution >= 0.6 is 11.3 Å². The van der Waals surface area contributed by atoms with Crippen LogP contribution in [0.1, 0.15) is 28.8 Å². The average molecular weight is 300 g/mol. The highest BCUT2D eigenvalue weighted by Gasteiger charge is 2.22. The zero-order valence-corrected chi connectivity index (χ0v) is 13.5. The van der Waals surface area contributed by atoms with E-state index < -0.39 is 0 Å². The van der Waals surface area contributed by atoms with Gasteiger partial charge in [-0.3, -0.25) is 0 Å². The van der Waals surface area contributed by atoms with Crippen molar-refractivity contribution in [3.05, 3.63) is 51.7 Å². The van der Waals surface area contributed by atoms with Crippen molar-refractivity contribution in [1.29, 1.82) is 0 Å². The summed E-state index contributed by atoms with van der Waals surface area (Å²) in [5, 5.41) is 2.17. The quantitative estimate of drug-likeness (QED) is 0.852. The smallest absolute Gasteiger partial charge is 0.0349 e. The summed E-state index contributed by atoms with van der Waals surface area (Å²) in [6.45, 7) is 1.18. The lowest BCUT2D eigenvalue weighted by molar-refractivity contribution is 0.220. The summed E-state index contributed by atoms with van der Waals surface area (Å²) in [5.74, 6) is 0. The lowest BCUT2D eigenvalue weighted by Crippen LogP contribution is -2.37. The summed E-state index contributed by atoms with van der Waals surface area (Å²) in [6.07, 6.45) is 5.96. The first-order valence-electron chi connectivity index (χ1n) is 7.83. The minimum atomic E-state index is 0.669. The number of anilines is 1. The summed E-state index contributed by atoms with van der Waals surface area (Å²) < 4.78 is 0. The van der Waals surface area contributed by atoms with E-state index in [-0.39, 0.29) is 0 Å². The van der Waals surface area contributed by atoms with Crippen LogP contribution in [0.2, 0.25) is 0 Å². The Kier molecular flexibility index (Phi) is 4.61. The van der Waals surface area contributed by atoms with Gasteiger partial charge < -0.3 is 10.6 Å². The number of nitrogen functional groups attached to an aromatic ring is 1. The maximum absolute atomic E-state index is 6.08. The molecule has 1 aromatic heterocycles. The number of rotatable bonds is 5. The highest BCUT2D eigenvalue weighted by molar-refractivity contribution is 7.09. The molecule has 0 fully saturated rings.